The highest BCUT2D eigenvalue weighted by Crippen LogP contribution is 2.35. The lowest BCUT2D eigenvalue weighted by molar-refractivity contribution is -0.134. The van der Waals surface area contributed by atoms with Crippen LogP contribution in [0.5, 0.6) is 0 Å². The summed E-state index contributed by atoms with van der Waals surface area (Å²) < 4.78 is 11.8. The summed E-state index contributed by atoms with van der Waals surface area (Å²) in [6.45, 7) is 0.168. The highest BCUT2D eigenvalue weighted by molar-refractivity contribution is 7.51. The third-order valence-electron chi connectivity index (χ3n) is 5.69. The van der Waals surface area contributed by atoms with E-state index in [4.69, 9.17) is 5.11 Å². The van der Waals surface area contributed by atoms with E-state index in [9.17, 15) is 28.7 Å². The Kier molecular flexibility index (Phi) is 7.98. The Bertz CT molecular complexity index is 1320. The van der Waals surface area contributed by atoms with Crippen LogP contribution in [-0.2, 0) is 9.36 Å². The zero-order valence-corrected chi connectivity index (χ0v) is 21.1. The summed E-state index contributed by atoms with van der Waals surface area (Å²) in [4.78, 5) is 68.0. The molecule has 0 aliphatic carbocycles. The van der Waals surface area contributed by atoms with Crippen molar-refractivity contribution in [1.29, 1.82) is 0 Å². The van der Waals surface area contributed by atoms with Crippen LogP contribution in [0.25, 0.3) is 22.6 Å². The van der Waals surface area contributed by atoms with Crippen molar-refractivity contribution in [1.82, 2.24) is 25.1 Å². The first-order valence-electron chi connectivity index (χ1n) is 11.2. The molecule has 0 radical (unpaired) electrons. The van der Waals surface area contributed by atoms with Gasteiger partial charge < -0.3 is 30.0 Å². The van der Waals surface area contributed by atoms with Crippen LogP contribution in [0.4, 0.5) is 4.79 Å². The van der Waals surface area contributed by atoms with Gasteiger partial charge in [-0.2, -0.15) is 11.3 Å². The van der Waals surface area contributed by atoms with Crippen LogP contribution >= 0.6 is 18.9 Å². The normalized spacial score (nSPS) is 14.8. The predicted octanol–water partition coefficient (Wildman–Crippen LogP) is 1.97. The monoisotopic (exact) mass is 545 g/mol. The average molecular weight is 546 g/mol. The second-order valence-electron chi connectivity index (χ2n) is 8.31. The molecule has 4 rings (SSSR count). The van der Waals surface area contributed by atoms with Crippen LogP contribution in [0, 0.1) is 0 Å². The number of amides is 3. The first kappa shape index (κ1) is 26.4. The molecule has 1 aliphatic rings. The minimum atomic E-state index is -4.71. The van der Waals surface area contributed by atoms with Crippen LogP contribution in [0.2, 0.25) is 0 Å². The first-order valence-corrected chi connectivity index (χ1v) is 13.9. The van der Waals surface area contributed by atoms with Crippen molar-refractivity contribution in [3.8, 4) is 22.6 Å². The Labute approximate surface area is 215 Å². The highest BCUT2D eigenvalue weighted by atomic mass is 32.1. The molecule has 3 amide bonds. The third kappa shape index (κ3) is 6.77. The summed E-state index contributed by atoms with van der Waals surface area (Å²) in [6.07, 6.45) is -2.03. The van der Waals surface area contributed by atoms with Gasteiger partial charge in [-0.1, -0.05) is 30.3 Å². The Morgan fingerprint density at radius 1 is 1.00 bits per heavy atom. The lowest BCUT2D eigenvalue weighted by Gasteiger charge is -2.35. The van der Waals surface area contributed by atoms with Gasteiger partial charge in [0.25, 0.3) is 5.91 Å². The molecule has 194 valence electrons. The number of hydrogen-bond acceptors (Lipinski definition) is 7. The smallest absolute Gasteiger partial charge is 0.407 e. The van der Waals surface area contributed by atoms with Crippen molar-refractivity contribution in [2.45, 2.75) is 6.04 Å². The van der Waals surface area contributed by atoms with Gasteiger partial charge in [-0.3, -0.25) is 14.2 Å². The van der Waals surface area contributed by atoms with E-state index < -0.39 is 37.7 Å². The number of carboxylic acid groups (broad SMARTS) is 1. The molecule has 37 heavy (non-hydrogen) atoms. The molecule has 1 aromatic carbocycles. The standard InChI is InChI=1S/C23H24N5O7PS/c29-21(26-19(13-36(33,34)35)22(30)27-7-9-28(10-8-27)23(31)32)18-12-17(16-6-11-37-14-16)24-20(25-18)15-4-2-1-3-5-15/h1-6,11-12,14,19H,7-10,13H2,(H,26,29)(H,31,32)(H2,33,34,35)/t19-/m0/s1. The number of aromatic nitrogens is 2. The van der Waals surface area contributed by atoms with Gasteiger partial charge in [-0.15, -0.1) is 0 Å². The molecule has 0 saturated carbocycles. The third-order valence-corrected chi connectivity index (χ3v) is 7.22. The van der Waals surface area contributed by atoms with Crippen LogP contribution in [0.1, 0.15) is 10.5 Å². The van der Waals surface area contributed by atoms with Crippen LogP contribution in [0.15, 0.2) is 53.2 Å². The summed E-state index contributed by atoms with van der Waals surface area (Å²) >= 11 is 1.45. The quantitative estimate of drug-likeness (QED) is 0.324. The molecule has 12 nitrogen and oxygen atoms in total. The van der Waals surface area contributed by atoms with Gasteiger partial charge in [0.05, 0.1) is 11.9 Å². The highest BCUT2D eigenvalue weighted by Gasteiger charge is 2.34. The summed E-state index contributed by atoms with van der Waals surface area (Å²) in [5.74, 6) is -1.23. The van der Waals surface area contributed by atoms with Crippen LogP contribution in [-0.4, -0.2) is 91.0 Å². The fraction of sp³-hybridized carbons (Fsp3) is 0.261. The van der Waals surface area contributed by atoms with Gasteiger partial charge in [0, 0.05) is 42.7 Å². The molecule has 14 heteroatoms. The molecule has 0 bridgehead atoms. The van der Waals surface area contributed by atoms with Crippen molar-refractivity contribution in [3.05, 3.63) is 58.9 Å². The van der Waals surface area contributed by atoms with E-state index in [1.807, 2.05) is 22.9 Å². The number of benzene rings is 1. The summed E-state index contributed by atoms with van der Waals surface area (Å²) in [6, 6.07) is 10.7. The molecule has 0 unspecified atom stereocenters. The van der Waals surface area contributed by atoms with E-state index in [0.29, 0.717) is 11.3 Å². The maximum absolute atomic E-state index is 13.3. The number of nitrogens with one attached hydrogen (secondary N) is 1. The second-order valence-corrected chi connectivity index (χ2v) is 10.8. The fourth-order valence-corrected chi connectivity index (χ4v) is 5.20. The van der Waals surface area contributed by atoms with Gasteiger partial charge in [0.15, 0.2) is 5.82 Å². The minimum absolute atomic E-state index is 0.0344. The van der Waals surface area contributed by atoms with Gasteiger partial charge in [0.2, 0.25) is 5.91 Å². The zero-order chi connectivity index (χ0) is 26.6. The summed E-state index contributed by atoms with van der Waals surface area (Å²) in [5.41, 5.74) is 1.82. The molecule has 1 saturated heterocycles. The molecule has 3 aromatic rings. The van der Waals surface area contributed by atoms with Gasteiger partial charge in [-0.05, 0) is 17.5 Å². The first-order chi connectivity index (χ1) is 17.6. The van der Waals surface area contributed by atoms with E-state index in [1.165, 1.54) is 22.3 Å². The van der Waals surface area contributed by atoms with Crippen LogP contribution < -0.4 is 5.32 Å². The molecule has 1 atom stereocenters. The Morgan fingerprint density at radius 2 is 1.68 bits per heavy atom. The topological polar surface area (TPSA) is 173 Å². The molecular formula is C23H24N5O7PS. The molecule has 3 heterocycles. The molecule has 2 aromatic heterocycles. The molecule has 4 N–H and O–H groups in total. The van der Waals surface area contributed by atoms with E-state index in [1.54, 1.807) is 24.3 Å². The number of nitrogens with zero attached hydrogens (tertiary/aromatic N) is 4. The fourth-order valence-electron chi connectivity index (χ4n) is 3.83. The number of carbonyl (C=O) groups excluding carboxylic acids is 2. The number of rotatable bonds is 7. The molecule has 0 spiro atoms. The second kappa shape index (κ2) is 11.2. The molecule has 1 aliphatic heterocycles. The average Bonchev–Trinajstić information content (AvgIpc) is 3.42. The van der Waals surface area contributed by atoms with E-state index >= 15 is 0 Å². The summed E-state index contributed by atoms with van der Waals surface area (Å²) in [5, 5.41) is 15.3. The number of carbonyl (C=O) groups is 3. The van der Waals surface area contributed by atoms with Crippen molar-refractivity contribution in [2.75, 3.05) is 32.3 Å². The largest absolute Gasteiger partial charge is 0.465 e. The number of piperazine rings is 1. The lowest BCUT2D eigenvalue weighted by Crippen LogP contribution is -2.56. The molecule has 1 fully saturated rings. The Hall–Kier alpha value is -3.64. The summed E-state index contributed by atoms with van der Waals surface area (Å²) in [7, 11) is -4.71. The Morgan fingerprint density at radius 3 is 2.27 bits per heavy atom. The Balaban J connectivity index is 1.61. The van der Waals surface area contributed by atoms with Crippen molar-refractivity contribution in [2.24, 2.45) is 0 Å². The predicted molar refractivity (Wildman–Crippen MR) is 135 cm³/mol. The van der Waals surface area contributed by atoms with Crippen LogP contribution in [0.3, 0.4) is 0 Å². The minimum Gasteiger partial charge on any atom is -0.465 e. The zero-order valence-electron chi connectivity index (χ0n) is 19.4. The SMILES string of the molecule is O=C(N[C@@H](CP(=O)(O)O)C(=O)N1CCN(C(=O)O)CC1)c1cc(-c2ccsc2)nc(-c2ccccc2)n1. The van der Waals surface area contributed by atoms with E-state index in [2.05, 4.69) is 15.3 Å². The van der Waals surface area contributed by atoms with Crippen molar-refractivity contribution in [3.63, 3.8) is 0 Å². The molecular weight excluding hydrogens is 521 g/mol. The number of hydrogen-bond donors (Lipinski definition) is 4. The van der Waals surface area contributed by atoms with Crippen molar-refractivity contribution < 1.29 is 33.8 Å². The van der Waals surface area contributed by atoms with Gasteiger partial charge >= 0.3 is 13.7 Å². The van der Waals surface area contributed by atoms with E-state index in [-0.39, 0.29) is 37.7 Å². The van der Waals surface area contributed by atoms with E-state index in [0.717, 1.165) is 10.5 Å². The maximum atomic E-state index is 13.3. The van der Waals surface area contributed by atoms with Crippen molar-refractivity contribution >= 4 is 36.8 Å². The van der Waals surface area contributed by atoms with Gasteiger partial charge in [0.1, 0.15) is 11.7 Å². The maximum Gasteiger partial charge on any atom is 0.407 e. The lowest BCUT2D eigenvalue weighted by atomic mass is 10.1. The van der Waals surface area contributed by atoms with Gasteiger partial charge in [-0.25, -0.2) is 14.8 Å². The number of thiophene rings is 1.